The number of carbonyl (C=O) groups is 1. The molecule has 2 fully saturated rings. The molecule has 4 rings (SSSR count). The summed E-state index contributed by atoms with van der Waals surface area (Å²) in [6.07, 6.45) is 8.78. The fourth-order valence-electron chi connectivity index (χ4n) is 3.60. The van der Waals surface area contributed by atoms with Crippen molar-refractivity contribution in [1.29, 1.82) is 0 Å². The summed E-state index contributed by atoms with van der Waals surface area (Å²) in [6.45, 7) is 1.16. The number of carbonyl (C=O) groups excluding carboxylic acids is 1. The molecule has 0 aromatic heterocycles. The zero-order valence-electron chi connectivity index (χ0n) is 13.4. The normalized spacial score (nSPS) is 20.3. The first kappa shape index (κ1) is 14.7. The standard InChI is InChI=1S/C18H24N2O3/c21-18(19-14-6-9-16-17(10-14)23-12-22-16)20(15-7-8-15)11-13-4-2-1-3-5-13/h6,9-10,13,15H,1-5,7-8,11-12H2,(H,19,21). The van der Waals surface area contributed by atoms with E-state index in [0.717, 1.165) is 30.8 Å². The Morgan fingerprint density at radius 2 is 1.87 bits per heavy atom. The van der Waals surface area contributed by atoms with E-state index in [2.05, 4.69) is 10.2 Å². The highest BCUT2D eigenvalue weighted by Crippen LogP contribution is 2.35. The summed E-state index contributed by atoms with van der Waals surface area (Å²) in [6, 6.07) is 6.02. The number of hydrogen-bond acceptors (Lipinski definition) is 3. The maximum absolute atomic E-state index is 12.7. The smallest absolute Gasteiger partial charge is 0.322 e. The van der Waals surface area contributed by atoms with Crippen LogP contribution in [0.3, 0.4) is 0 Å². The van der Waals surface area contributed by atoms with Gasteiger partial charge in [-0.1, -0.05) is 19.3 Å². The lowest BCUT2D eigenvalue weighted by Gasteiger charge is -2.30. The van der Waals surface area contributed by atoms with E-state index < -0.39 is 0 Å². The summed E-state index contributed by atoms with van der Waals surface area (Å²) in [5.74, 6) is 2.11. The van der Waals surface area contributed by atoms with Gasteiger partial charge in [-0.15, -0.1) is 0 Å². The summed E-state index contributed by atoms with van der Waals surface area (Å²) in [7, 11) is 0. The molecular formula is C18H24N2O3. The molecule has 0 saturated heterocycles. The Morgan fingerprint density at radius 1 is 1.09 bits per heavy atom. The number of amides is 2. The van der Waals surface area contributed by atoms with Crippen molar-refractivity contribution in [2.75, 3.05) is 18.7 Å². The van der Waals surface area contributed by atoms with Crippen LogP contribution < -0.4 is 14.8 Å². The van der Waals surface area contributed by atoms with E-state index in [-0.39, 0.29) is 12.8 Å². The first-order valence-corrected chi connectivity index (χ1v) is 8.77. The molecule has 2 amide bonds. The minimum Gasteiger partial charge on any atom is -0.454 e. The second-order valence-corrected chi connectivity index (χ2v) is 6.89. The first-order valence-electron chi connectivity index (χ1n) is 8.77. The molecule has 1 aromatic rings. The van der Waals surface area contributed by atoms with E-state index in [9.17, 15) is 4.79 Å². The fraction of sp³-hybridized carbons (Fsp3) is 0.611. The van der Waals surface area contributed by atoms with Gasteiger partial charge < -0.3 is 19.7 Å². The van der Waals surface area contributed by atoms with Gasteiger partial charge in [-0.05, 0) is 43.7 Å². The Morgan fingerprint density at radius 3 is 2.65 bits per heavy atom. The predicted octanol–water partition coefficient (Wildman–Crippen LogP) is 3.99. The number of nitrogens with one attached hydrogen (secondary N) is 1. The molecule has 3 aliphatic rings. The second kappa shape index (κ2) is 6.30. The van der Waals surface area contributed by atoms with Crippen LogP contribution in [0.1, 0.15) is 44.9 Å². The van der Waals surface area contributed by atoms with Gasteiger partial charge in [-0.25, -0.2) is 4.79 Å². The summed E-state index contributed by atoms with van der Waals surface area (Å²) >= 11 is 0. The SMILES string of the molecule is O=C(Nc1ccc2c(c1)OCO2)N(CC1CCCCC1)C1CC1. The Kier molecular flexibility index (Phi) is 4.02. The van der Waals surface area contributed by atoms with Crippen LogP contribution >= 0.6 is 0 Å². The van der Waals surface area contributed by atoms with Gasteiger partial charge in [0, 0.05) is 24.3 Å². The van der Waals surface area contributed by atoms with Crippen LogP contribution in [0.4, 0.5) is 10.5 Å². The van der Waals surface area contributed by atoms with Crippen LogP contribution in [0, 0.1) is 5.92 Å². The van der Waals surface area contributed by atoms with Crippen molar-refractivity contribution < 1.29 is 14.3 Å². The number of ether oxygens (including phenoxy) is 2. The average Bonchev–Trinajstić information content (AvgIpc) is 3.30. The van der Waals surface area contributed by atoms with E-state index in [1.54, 1.807) is 0 Å². The van der Waals surface area contributed by atoms with Gasteiger partial charge in [-0.3, -0.25) is 0 Å². The molecule has 0 spiro atoms. The van der Waals surface area contributed by atoms with Gasteiger partial charge in [-0.2, -0.15) is 0 Å². The lowest BCUT2D eigenvalue weighted by atomic mass is 9.89. The van der Waals surface area contributed by atoms with Crippen LogP contribution in [-0.2, 0) is 0 Å². The second-order valence-electron chi connectivity index (χ2n) is 6.89. The number of rotatable bonds is 4. The van der Waals surface area contributed by atoms with E-state index in [0.29, 0.717) is 17.7 Å². The molecule has 0 radical (unpaired) electrons. The van der Waals surface area contributed by atoms with Gasteiger partial charge >= 0.3 is 6.03 Å². The number of benzene rings is 1. The van der Waals surface area contributed by atoms with E-state index in [1.165, 1.54) is 32.1 Å². The maximum Gasteiger partial charge on any atom is 0.322 e. The van der Waals surface area contributed by atoms with Crippen LogP contribution in [0.5, 0.6) is 11.5 Å². The topological polar surface area (TPSA) is 50.8 Å². The van der Waals surface area contributed by atoms with Crippen LogP contribution in [0.25, 0.3) is 0 Å². The predicted molar refractivity (Wildman–Crippen MR) is 87.9 cm³/mol. The Bertz CT molecular complexity index is 580. The molecule has 1 aliphatic heterocycles. The van der Waals surface area contributed by atoms with Crippen LogP contribution in [-0.4, -0.2) is 30.3 Å². The van der Waals surface area contributed by atoms with Crippen LogP contribution in [0.15, 0.2) is 18.2 Å². The van der Waals surface area contributed by atoms with Crippen molar-refractivity contribution in [3.05, 3.63) is 18.2 Å². The van der Waals surface area contributed by atoms with E-state index in [1.807, 2.05) is 18.2 Å². The van der Waals surface area contributed by atoms with Crippen molar-refractivity contribution in [2.45, 2.75) is 51.0 Å². The maximum atomic E-state index is 12.7. The highest BCUT2D eigenvalue weighted by molar-refractivity contribution is 5.90. The quantitative estimate of drug-likeness (QED) is 0.913. The molecule has 1 heterocycles. The molecule has 0 bridgehead atoms. The van der Waals surface area contributed by atoms with Gasteiger partial charge in [0.2, 0.25) is 6.79 Å². The van der Waals surface area contributed by atoms with Gasteiger partial charge in [0.15, 0.2) is 11.5 Å². The molecule has 5 heteroatoms. The monoisotopic (exact) mass is 316 g/mol. The number of nitrogens with zero attached hydrogens (tertiary/aromatic N) is 1. The molecule has 124 valence electrons. The Hall–Kier alpha value is -1.91. The summed E-state index contributed by atoms with van der Waals surface area (Å²) in [4.78, 5) is 14.8. The summed E-state index contributed by atoms with van der Waals surface area (Å²) < 4.78 is 10.7. The fourth-order valence-corrected chi connectivity index (χ4v) is 3.60. The summed E-state index contributed by atoms with van der Waals surface area (Å²) in [5, 5.41) is 3.03. The van der Waals surface area contributed by atoms with Gasteiger partial charge in [0.1, 0.15) is 0 Å². The third-order valence-corrected chi connectivity index (χ3v) is 5.05. The van der Waals surface area contributed by atoms with Crippen molar-refractivity contribution in [1.82, 2.24) is 4.90 Å². The number of urea groups is 1. The molecule has 0 unspecified atom stereocenters. The highest BCUT2D eigenvalue weighted by atomic mass is 16.7. The molecule has 1 N–H and O–H groups in total. The summed E-state index contributed by atoms with van der Waals surface area (Å²) in [5.41, 5.74) is 0.772. The van der Waals surface area contributed by atoms with Crippen molar-refractivity contribution in [3.63, 3.8) is 0 Å². The first-order chi connectivity index (χ1) is 11.3. The zero-order chi connectivity index (χ0) is 15.6. The zero-order valence-corrected chi connectivity index (χ0v) is 13.4. The number of hydrogen-bond donors (Lipinski definition) is 1. The van der Waals surface area contributed by atoms with Crippen molar-refractivity contribution >= 4 is 11.7 Å². The molecule has 23 heavy (non-hydrogen) atoms. The molecule has 1 aromatic carbocycles. The van der Waals surface area contributed by atoms with E-state index in [4.69, 9.17) is 9.47 Å². The minimum absolute atomic E-state index is 0.0249. The largest absolute Gasteiger partial charge is 0.454 e. The average molecular weight is 316 g/mol. The van der Waals surface area contributed by atoms with E-state index >= 15 is 0 Å². The molecule has 2 saturated carbocycles. The van der Waals surface area contributed by atoms with Crippen molar-refractivity contribution in [2.24, 2.45) is 5.92 Å². The lowest BCUT2D eigenvalue weighted by Crippen LogP contribution is -2.40. The van der Waals surface area contributed by atoms with Crippen LogP contribution in [0.2, 0.25) is 0 Å². The molecule has 0 atom stereocenters. The third-order valence-electron chi connectivity index (χ3n) is 5.05. The van der Waals surface area contributed by atoms with Crippen molar-refractivity contribution in [3.8, 4) is 11.5 Å². The Balaban J connectivity index is 1.41. The number of anilines is 1. The molecule has 2 aliphatic carbocycles. The Labute approximate surface area is 136 Å². The lowest BCUT2D eigenvalue weighted by molar-refractivity contribution is 0.174. The third kappa shape index (κ3) is 3.38. The van der Waals surface area contributed by atoms with Gasteiger partial charge in [0.25, 0.3) is 0 Å². The number of fused-ring (bicyclic) bond motifs is 1. The minimum atomic E-state index is 0.0249. The molecule has 5 nitrogen and oxygen atoms in total. The van der Waals surface area contributed by atoms with Gasteiger partial charge in [0.05, 0.1) is 0 Å². The highest BCUT2D eigenvalue weighted by Gasteiger charge is 2.34. The molecular weight excluding hydrogens is 292 g/mol.